The molecule has 1 fully saturated rings. The van der Waals surface area contributed by atoms with Gasteiger partial charge in [-0.25, -0.2) is 4.79 Å². The number of nitrogens with zero attached hydrogens (tertiary/aromatic N) is 1. The first-order valence-electron chi connectivity index (χ1n) is 7.21. The van der Waals surface area contributed by atoms with Gasteiger partial charge in [-0.2, -0.15) is 0 Å². The second-order valence-electron chi connectivity index (χ2n) is 4.91. The van der Waals surface area contributed by atoms with Crippen LogP contribution >= 0.6 is 24.0 Å². The van der Waals surface area contributed by atoms with Crippen LogP contribution in [-0.4, -0.2) is 59.5 Å². The molecular weight excluding hydrogens is 382 g/mol. The van der Waals surface area contributed by atoms with Crippen LogP contribution in [0.15, 0.2) is 23.1 Å². The van der Waals surface area contributed by atoms with Crippen LogP contribution in [0, 0.1) is 0 Å². The molecule has 1 amide bonds. The first-order valence-corrected chi connectivity index (χ1v) is 8.43. The zero-order valence-corrected chi connectivity index (χ0v) is 15.5. The maximum atomic E-state index is 12.4. The van der Waals surface area contributed by atoms with Crippen molar-refractivity contribution in [1.82, 2.24) is 4.90 Å². The third-order valence-electron chi connectivity index (χ3n) is 3.24. The van der Waals surface area contributed by atoms with Gasteiger partial charge in [0.25, 0.3) is 5.91 Å². The number of methoxy groups -OCH3 is 2. The molecule has 0 aromatic heterocycles. The van der Waals surface area contributed by atoms with Crippen molar-refractivity contribution in [3.05, 3.63) is 28.7 Å². The molecule has 8 nitrogen and oxygen atoms in total. The van der Waals surface area contributed by atoms with Crippen molar-refractivity contribution in [3.63, 3.8) is 0 Å². The number of carboxylic acids is 1. The summed E-state index contributed by atoms with van der Waals surface area (Å²) < 4.78 is 15.4. The molecule has 0 unspecified atom stereocenters. The van der Waals surface area contributed by atoms with Crippen molar-refractivity contribution in [1.29, 1.82) is 0 Å². The van der Waals surface area contributed by atoms with E-state index in [1.807, 2.05) is 0 Å². The number of benzene rings is 1. The summed E-state index contributed by atoms with van der Waals surface area (Å²) in [7, 11) is 2.68. The molecule has 1 aromatic rings. The Morgan fingerprint density at radius 2 is 2.08 bits per heavy atom. The monoisotopic (exact) mass is 397 g/mol. The van der Waals surface area contributed by atoms with Crippen molar-refractivity contribution in [2.75, 3.05) is 27.4 Å². The largest absolute Gasteiger partial charge is 0.493 e. The lowest BCUT2D eigenvalue weighted by molar-refractivity contribution is -0.143. The Morgan fingerprint density at radius 1 is 1.35 bits per heavy atom. The maximum absolute atomic E-state index is 12.4. The topological polar surface area (TPSA) is 102 Å². The molecule has 1 aliphatic heterocycles. The number of rotatable bonds is 7. The van der Waals surface area contributed by atoms with Gasteiger partial charge in [0.2, 0.25) is 0 Å². The van der Waals surface area contributed by atoms with Crippen LogP contribution in [-0.2, 0) is 19.1 Å². The number of para-hydroxylation sites is 1. The second kappa shape index (κ2) is 8.68. The van der Waals surface area contributed by atoms with Crippen molar-refractivity contribution in [3.8, 4) is 11.5 Å². The minimum Gasteiger partial charge on any atom is -0.493 e. The van der Waals surface area contributed by atoms with E-state index in [0.29, 0.717) is 11.3 Å². The van der Waals surface area contributed by atoms with Gasteiger partial charge in [0.1, 0.15) is 10.9 Å². The Morgan fingerprint density at radius 3 is 2.69 bits per heavy atom. The number of thiocarbonyl (C=S) groups is 1. The predicted molar refractivity (Wildman–Crippen MR) is 98.0 cm³/mol. The highest BCUT2D eigenvalue weighted by Gasteiger charge is 2.33. The Bertz CT molecular complexity index is 791. The molecule has 1 aliphatic rings. The highest BCUT2D eigenvalue weighted by Crippen LogP contribution is 2.37. The Hall–Kier alpha value is -2.59. The number of hydrogen-bond acceptors (Lipinski definition) is 8. The number of aliphatic carboxylic acids is 1. The summed E-state index contributed by atoms with van der Waals surface area (Å²) in [5, 5.41) is 8.88. The number of amides is 1. The lowest BCUT2D eigenvalue weighted by Gasteiger charge is -2.13. The van der Waals surface area contributed by atoms with E-state index >= 15 is 0 Å². The number of carbonyl (C=O) groups excluding carboxylic acids is 2. The molecule has 0 aliphatic carbocycles. The molecule has 0 radical (unpaired) electrons. The lowest BCUT2D eigenvalue weighted by Crippen LogP contribution is -2.33. The average molecular weight is 397 g/mol. The molecule has 0 saturated carbocycles. The van der Waals surface area contributed by atoms with Crippen LogP contribution in [0.4, 0.5) is 0 Å². The molecule has 1 heterocycles. The number of carboxylic acid groups (broad SMARTS) is 1. The molecule has 0 bridgehead atoms. The lowest BCUT2D eigenvalue weighted by atomic mass is 10.1. The molecule has 0 spiro atoms. The van der Waals surface area contributed by atoms with E-state index in [-0.39, 0.29) is 21.6 Å². The molecule has 1 saturated heterocycles. The van der Waals surface area contributed by atoms with Gasteiger partial charge in [-0.05, 0) is 12.1 Å². The molecule has 1 aromatic carbocycles. The number of ether oxygens (including phenoxy) is 3. The predicted octanol–water partition coefficient (Wildman–Crippen LogP) is 1.53. The van der Waals surface area contributed by atoms with Gasteiger partial charge < -0.3 is 19.3 Å². The van der Waals surface area contributed by atoms with E-state index in [1.165, 1.54) is 20.3 Å². The van der Waals surface area contributed by atoms with Crippen molar-refractivity contribution < 1.29 is 33.7 Å². The quantitative estimate of drug-likeness (QED) is 0.417. The zero-order chi connectivity index (χ0) is 19.3. The van der Waals surface area contributed by atoms with E-state index in [0.717, 1.165) is 16.7 Å². The van der Waals surface area contributed by atoms with Gasteiger partial charge in [0.05, 0.1) is 19.1 Å². The number of esters is 1. The minimum atomic E-state index is -1.16. The summed E-state index contributed by atoms with van der Waals surface area (Å²) in [5.41, 5.74) is 0.476. The first-order chi connectivity index (χ1) is 12.4. The van der Waals surface area contributed by atoms with Crippen LogP contribution < -0.4 is 9.47 Å². The molecule has 0 atom stereocenters. The number of hydrogen-bond donors (Lipinski definition) is 1. The first kappa shape index (κ1) is 19.7. The average Bonchev–Trinajstić information content (AvgIpc) is 2.87. The van der Waals surface area contributed by atoms with Crippen LogP contribution in [0.2, 0.25) is 0 Å². The third-order valence-corrected chi connectivity index (χ3v) is 4.62. The fraction of sp³-hybridized carbons (Fsp3) is 0.250. The van der Waals surface area contributed by atoms with Crippen LogP contribution in [0.25, 0.3) is 6.08 Å². The molecule has 26 heavy (non-hydrogen) atoms. The van der Waals surface area contributed by atoms with Crippen LogP contribution in [0.1, 0.15) is 5.56 Å². The fourth-order valence-corrected chi connectivity index (χ4v) is 3.31. The van der Waals surface area contributed by atoms with E-state index in [1.54, 1.807) is 18.2 Å². The SMILES string of the molecule is COC(=O)COc1c(/C=C2\SC(=S)N(CC(=O)O)C2=O)cccc1OC. The van der Waals surface area contributed by atoms with Gasteiger partial charge in [-0.15, -0.1) is 0 Å². The minimum absolute atomic E-state index is 0.156. The summed E-state index contributed by atoms with van der Waals surface area (Å²) in [5.74, 6) is -1.63. The van der Waals surface area contributed by atoms with Gasteiger partial charge in [-0.3, -0.25) is 14.5 Å². The van der Waals surface area contributed by atoms with Gasteiger partial charge in [0, 0.05) is 5.56 Å². The Kier molecular flexibility index (Phi) is 6.58. The normalized spacial score (nSPS) is 15.3. The Balaban J connectivity index is 2.35. The van der Waals surface area contributed by atoms with Crippen LogP contribution in [0.5, 0.6) is 11.5 Å². The van der Waals surface area contributed by atoms with Crippen LogP contribution in [0.3, 0.4) is 0 Å². The van der Waals surface area contributed by atoms with Gasteiger partial charge in [-0.1, -0.05) is 36.1 Å². The molecule has 10 heteroatoms. The maximum Gasteiger partial charge on any atom is 0.343 e. The van der Waals surface area contributed by atoms with E-state index in [9.17, 15) is 14.4 Å². The summed E-state index contributed by atoms with van der Waals surface area (Å²) in [6.45, 7) is -0.844. The van der Waals surface area contributed by atoms with E-state index < -0.39 is 24.4 Å². The highest BCUT2D eigenvalue weighted by atomic mass is 32.2. The summed E-state index contributed by atoms with van der Waals surface area (Å²) >= 11 is 6.05. The molecule has 138 valence electrons. The van der Waals surface area contributed by atoms with Crippen molar-refractivity contribution in [2.45, 2.75) is 0 Å². The smallest absolute Gasteiger partial charge is 0.343 e. The molecular formula is C16H15NO7S2. The van der Waals surface area contributed by atoms with E-state index in [2.05, 4.69) is 4.74 Å². The second-order valence-corrected chi connectivity index (χ2v) is 6.58. The summed E-state index contributed by atoms with van der Waals surface area (Å²) in [6, 6.07) is 4.99. The van der Waals surface area contributed by atoms with Crippen molar-refractivity contribution >= 4 is 52.2 Å². The zero-order valence-electron chi connectivity index (χ0n) is 13.9. The van der Waals surface area contributed by atoms with E-state index in [4.69, 9.17) is 26.8 Å². The molecule has 2 rings (SSSR count). The van der Waals surface area contributed by atoms with Gasteiger partial charge >= 0.3 is 11.9 Å². The fourth-order valence-electron chi connectivity index (χ4n) is 2.06. The van der Waals surface area contributed by atoms with Gasteiger partial charge in [0.15, 0.2) is 18.1 Å². The standard InChI is InChI=1S/C16H15NO7S2/c1-22-10-5-3-4-9(14(10)24-8-13(20)23-2)6-11-15(21)17(7-12(18)19)16(25)26-11/h3-6H,7-8H2,1-2H3,(H,18,19)/b11-6-. The third kappa shape index (κ3) is 4.52. The highest BCUT2D eigenvalue weighted by molar-refractivity contribution is 8.26. The number of carbonyl (C=O) groups is 3. The Labute approximate surface area is 158 Å². The summed E-state index contributed by atoms with van der Waals surface area (Å²) in [6.07, 6.45) is 1.51. The molecule has 1 N–H and O–H groups in total. The van der Waals surface area contributed by atoms with Crippen molar-refractivity contribution in [2.24, 2.45) is 0 Å². The number of thioether (sulfide) groups is 1. The summed E-state index contributed by atoms with van der Waals surface area (Å²) in [4.78, 5) is 35.8.